The predicted octanol–water partition coefficient (Wildman–Crippen LogP) is 2.46. The Hall–Kier alpha value is -1.09. The highest BCUT2D eigenvalue weighted by molar-refractivity contribution is 7.13. The summed E-state index contributed by atoms with van der Waals surface area (Å²) in [6.45, 7) is 2.12. The lowest BCUT2D eigenvalue weighted by molar-refractivity contribution is 0.777. The normalized spacial score (nSPS) is 10.5. The smallest absolute Gasteiger partial charge is 0.0781 e. The van der Waals surface area contributed by atoms with Gasteiger partial charge in [0, 0.05) is 13.2 Å². The molecule has 12 heavy (non-hydrogen) atoms. The van der Waals surface area contributed by atoms with E-state index in [1.165, 1.54) is 16.1 Å². The summed E-state index contributed by atoms with van der Waals surface area (Å²) < 4.78 is 1.90. The summed E-state index contributed by atoms with van der Waals surface area (Å²) >= 11 is 1.76. The van der Waals surface area contributed by atoms with Crippen molar-refractivity contribution in [3.8, 4) is 10.6 Å². The Kier molecular flexibility index (Phi) is 1.73. The molecule has 2 rings (SSSR count). The summed E-state index contributed by atoms with van der Waals surface area (Å²) in [5.74, 6) is 0. The van der Waals surface area contributed by atoms with Crippen molar-refractivity contribution >= 4 is 11.3 Å². The van der Waals surface area contributed by atoms with Gasteiger partial charge in [0.25, 0.3) is 0 Å². The van der Waals surface area contributed by atoms with Crippen molar-refractivity contribution in [1.82, 2.24) is 9.78 Å². The Morgan fingerprint density at radius 2 is 2.25 bits per heavy atom. The maximum Gasteiger partial charge on any atom is 0.0781 e. The second kappa shape index (κ2) is 2.75. The predicted molar refractivity (Wildman–Crippen MR) is 51.3 cm³/mol. The molecule has 0 aliphatic carbocycles. The minimum Gasteiger partial charge on any atom is -0.267 e. The summed E-state index contributed by atoms with van der Waals surface area (Å²) in [6, 6.07) is 4.17. The molecular weight excluding hydrogens is 168 g/mol. The van der Waals surface area contributed by atoms with Crippen LogP contribution in [-0.2, 0) is 7.05 Å². The lowest BCUT2D eigenvalue weighted by Crippen LogP contribution is -1.92. The Balaban J connectivity index is 2.57. The van der Waals surface area contributed by atoms with Gasteiger partial charge in [-0.1, -0.05) is 0 Å². The van der Waals surface area contributed by atoms with Crippen LogP contribution in [0.4, 0.5) is 0 Å². The largest absolute Gasteiger partial charge is 0.267 e. The standard InChI is InChI=1S/C9H10N2S/c1-7-4-6-12-9(7)8-3-5-10-11(8)2/h3-6H,1-2H3. The van der Waals surface area contributed by atoms with Crippen molar-refractivity contribution in [3.63, 3.8) is 0 Å². The lowest BCUT2D eigenvalue weighted by Gasteiger charge is -1.98. The molecule has 62 valence electrons. The zero-order valence-electron chi connectivity index (χ0n) is 7.11. The highest BCUT2D eigenvalue weighted by atomic mass is 32.1. The van der Waals surface area contributed by atoms with Crippen molar-refractivity contribution in [2.45, 2.75) is 6.92 Å². The maximum atomic E-state index is 4.14. The van der Waals surface area contributed by atoms with E-state index in [1.807, 2.05) is 24.0 Å². The fourth-order valence-electron chi connectivity index (χ4n) is 1.23. The monoisotopic (exact) mass is 178 g/mol. The minimum atomic E-state index is 1.20. The highest BCUT2D eigenvalue weighted by Gasteiger charge is 2.05. The molecule has 2 aromatic rings. The van der Waals surface area contributed by atoms with E-state index < -0.39 is 0 Å². The Morgan fingerprint density at radius 1 is 1.42 bits per heavy atom. The molecule has 3 heteroatoms. The van der Waals surface area contributed by atoms with E-state index in [4.69, 9.17) is 0 Å². The minimum absolute atomic E-state index is 1.20. The van der Waals surface area contributed by atoms with Gasteiger partial charge < -0.3 is 0 Å². The van der Waals surface area contributed by atoms with Gasteiger partial charge in [0.2, 0.25) is 0 Å². The van der Waals surface area contributed by atoms with Crippen LogP contribution in [0.3, 0.4) is 0 Å². The average molecular weight is 178 g/mol. The van der Waals surface area contributed by atoms with Crippen LogP contribution < -0.4 is 0 Å². The zero-order chi connectivity index (χ0) is 8.55. The van der Waals surface area contributed by atoms with Crippen LogP contribution in [0.1, 0.15) is 5.56 Å². The van der Waals surface area contributed by atoms with E-state index in [0.29, 0.717) is 0 Å². The fraction of sp³-hybridized carbons (Fsp3) is 0.222. The maximum absolute atomic E-state index is 4.14. The quantitative estimate of drug-likeness (QED) is 0.656. The van der Waals surface area contributed by atoms with Gasteiger partial charge in [-0.15, -0.1) is 11.3 Å². The number of aromatic nitrogens is 2. The Labute approximate surface area is 75.5 Å². The molecule has 0 saturated carbocycles. The first-order valence-corrected chi connectivity index (χ1v) is 4.69. The number of hydrogen-bond donors (Lipinski definition) is 0. The zero-order valence-corrected chi connectivity index (χ0v) is 7.93. The van der Waals surface area contributed by atoms with Gasteiger partial charge in [-0.3, -0.25) is 4.68 Å². The number of aryl methyl sites for hydroxylation is 2. The third-order valence-corrected chi connectivity index (χ3v) is 2.95. The van der Waals surface area contributed by atoms with Gasteiger partial charge in [0.05, 0.1) is 10.6 Å². The van der Waals surface area contributed by atoms with Gasteiger partial charge in [-0.25, -0.2) is 0 Å². The van der Waals surface area contributed by atoms with Crippen LogP contribution in [0.5, 0.6) is 0 Å². The van der Waals surface area contributed by atoms with Crippen LogP contribution in [0.15, 0.2) is 23.7 Å². The molecule has 0 aliphatic heterocycles. The Bertz CT molecular complexity index is 348. The molecule has 0 aromatic carbocycles. The van der Waals surface area contributed by atoms with E-state index in [0.717, 1.165) is 0 Å². The van der Waals surface area contributed by atoms with Crippen LogP contribution in [0.25, 0.3) is 10.6 Å². The molecular formula is C9H10N2S. The van der Waals surface area contributed by atoms with E-state index in [2.05, 4.69) is 23.5 Å². The van der Waals surface area contributed by atoms with Crippen molar-refractivity contribution in [2.75, 3.05) is 0 Å². The first-order valence-electron chi connectivity index (χ1n) is 3.81. The van der Waals surface area contributed by atoms with Gasteiger partial charge in [0.1, 0.15) is 0 Å². The fourth-order valence-corrected chi connectivity index (χ4v) is 2.21. The van der Waals surface area contributed by atoms with Crippen molar-refractivity contribution in [2.24, 2.45) is 7.05 Å². The van der Waals surface area contributed by atoms with Crippen molar-refractivity contribution in [1.29, 1.82) is 0 Å². The molecule has 0 unspecified atom stereocenters. The number of nitrogens with zero attached hydrogens (tertiary/aromatic N) is 2. The third-order valence-electron chi connectivity index (χ3n) is 1.92. The summed E-state index contributed by atoms with van der Waals surface area (Å²) in [6.07, 6.45) is 1.83. The van der Waals surface area contributed by atoms with Crippen LogP contribution >= 0.6 is 11.3 Å². The second-order valence-electron chi connectivity index (χ2n) is 2.77. The van der Waals surface area contributed by atoms with Gasteiger partial charge in [-0.2, -0.15) is 5.10 Å². The van der Waals surface area contributed by atoms with Crippen molar-refractivity contribution < 1.29 is 0 Å². The number of thiophene rings is 1. The third kappa shape index (κ3) is 1.06. The van der Waals surface area contributed by atoms with Gasteiger partial charge in [0.15, 0.2) is 0 Å². The molecule has 0 spiro atoms. The molecule has 2 aromatic heterocycles. The van der Waals surface area contributed by atoms with Gasteiger partial charge in [-0.05, 0) is 30.0 Å². The Morgan fingerprint density at radius 3 is 2.75 bits per heavy atom. The average Bonchev–Trinajstić information content (AvgIpc) is 2.59. The number of rotatable bonds is 1. The van der Waals surface area contributed by atoms with Crippen LogP contribution in [0.2, 0.25) is 0 Å². The molecule has 0 radical (unpaired) electrons. The molecule has 2 heterocycles. The molecule has 2 nitrogen and oxygen atoms in total. The first-order chi connectivity index (χ1) is 5.79. The molecule has 0 fully saturated rings. The summed E-state index contributed by atoms with van der Waals surface area (Å²) in [5, 5.41) is 6.25. The van der Waals surface area contributed by atoms with E-state index in [-0.39, 0.29) is 0 Å². The highest BCUT2D eigenvalue weighted by Crippen LogP contribution is 2.27. The van der Waals surface area contributed by atoms with Crippen LogP contribution in [-0.4, -0.2) is 9.78 Å². The summed E-state index contributed by atoms with van der Waals surface area (Å²) in [4.78, 5) is 1.31. The molecule has 0 bridgehead atoms. The second-order valence-corrected chi connectivity index (χ2v) is 3.69. The van der Waals surface area contributed by atoms with Crippen LogP contribution in [0, 0.1) is 6.92 Å². The molecule has 0 aliphatic rings. The van der Waals surface area contributed by atoms with E-state index in [9.17, 15) is 0 Å². The van der Waals surface area contributed by atoms with Gasteiger partial charge >= 0.3 is 0 Å². The summed E-state index contributed by atoms with van der Waals surface area (Å²) in [7, 11) is 1.97. The molecule has 0 N–H and O–H groups in total. The molecule has 0 saturated heterocycles. The molecule has 0 atom stereocenters. The van der Waals surface area contributed by atoms with E-state index >= 15 is 0 Å². The molecule has 0 amide bonds. The SMILES string of the molecule is Cc1ccsc1-c1ccnn1C. The topological polar surface area (TPSA) is 17.8 Å². The summed E-state index contributed by atoms with van der Waals surface area (Å²) in [5.41, 5.74) is 2.52. The number of hydrogen-bond acceptors (Lipinski definition) is 2. The van der Waals surface area contributed by atoms with Crippen molar-refractivity contribution in [3.05, 3.63) is 29.3 Å². The first kappa shape index (κ1) is 7.55. The van der Waals surface area contributed by atoms with E-state index in [1.54, 1.807) is 11.3 Å². The lowest BCUT2D eigenvalue weighted by atomic mass is 10.2.